The monoisotopic (exact) mass is 458 g/mol. The predicted molar refractivity (Wildman–Crippen MR) is 116 cm³/mol. The van der Waals surface area contributed by atoms with Crippen molar-refractivity contribution >= 4 is 33.1 Å². The Morgan fingerprint density at radius 3 is 2.45 bits per heavy atom. The van der Waals surface area contributed by atoms with E-state index in [4.69, 9.17) is 21.1 Å². The molecule has 3 rings (SSSR count). The number of terminal acetylenes is 1. The van der Waals surface area contributed by atoms with Crippen molar-refractivity contribution in [3.05, 3.63) is 70.4 Å². The lowest BCUT2D eigenvalue weighted by Gasteiger charge is -2.25. The van der Waals surface area contributed by atoms with Gasteiger partial charge >= 0.3 is 6.09 Å². The molecule has 1 heterocycles. The third-order valence-electron chi connectivity index (χ3n) is 4.22. The molecule has 31 heavy (non-hydrogen) atoms. The first-order valence-electron chi connectivity index (χ1n) is 8.81. The molecule has 8 nitrogen and oxygen atoms in total. The summed E-state index contributed by atoms with van der Waals surface area (Å²) < 4.78 is 38.5. The first kappa shape index (κ1) is 22.2. The molecule has 10 heteroatoms. The largest absolute Gasteiger partial charge is 0.497 e. The van der Waals surface area contributed by atoms with Gasteiger partial charge in [-0.05, 0) is 29.8 Å². The highest BCUT2D eigenvalue weighted by Gasteiger charge is 2.31. The van der Waals surface area contributed by atoms with Crippen molar-refractivity contribution in [2.45, 2.75) is 11.4 Å². The molecule has 0 saturated heterocycles. The molecule has 2 aromatic carbocycles. The van der Waals surface area contributed by atoms with E-state index in [0.717, 1.165) is 15.6 Å². The molecule has 160 valence electrons. The highest BCUT2D eigenvalue weighted by Crippen LogP contribution is 2.41. The molecule has 0 unspecified atom stereocenters. The topological polar surface area (TPSA) is 105 Å². The number of sulfonamides is 1. The van der Waals surface area contributed by atoms with Crippen molar-refractivity contribution < 1.29 is 27.9 Å². The number of nitrogens with zero attached hydrogens (tertiary/aromatic N) is 1. The number of ether oxygens (including phenoxy) is 2. The van der Waals surface area contributed by atoms with Crippen molar-refractivity contribution in [3.8, 4) is 23.8 Å². The highest BCUT2D eigenvalue weighted by atomic mass is 32.2. The number of thiophene rings is 1. The van der Waals surface area contributed by atoms with Gasteiger partial charge in [0.05, 0.1) is 18.6 Å². The molecule has 0 saturated carbocycles. The van der Waals surface area contributed by atoms with E-state index in [1.165, 1.54) is 42.2 Å². The average Bonchev–Trinajstić information content (AvgIpc) is 3.19. The van der Waals surface area contributed by atoms with Gasteiger partial charge in [0.15, 0.2) is 5.75 Å². The van der Waals surface area contributed by atoms with Crippen LogP contribution in [0.15, 0.2) is 64.9 Å². The number of nitrogens with one attached hydrogen (secondary N) is 1. The van der Waals surface area contributed by atoms with Gasteiger partial charge in [-0.15, -0.1) is 17.8 Å². The van der Waals surface area contributed by atoms with Gasteiger partial charge in [-0.25, -0.2) is 18.7 Å². The van der Waals surface area contributed by atoms with E-state index in [2.05, 4.69) is 5.92 Å². The molecule has 2 N–H and O–H groups in total. The summed E-state index contributed by atoms with van der Waals surface area (Å²) in [5.41, 5.74) is 2.06. The smallest absolute Gasteiger partial charge is 0.436 e. The molecule has 1 aromatic heterocycles. The number of methoxy groups -OCH3 is 1. The van der Waals surface area contributed by atoms with Gasteiger partial charge in [-0.1, -0.05) is 36.3 Å². The Labute approximate surface area is 183 Å². The molecule has 0 aliphatic heterocycles. The molecular formula is C21H18N2O6S2. The summed E-state index contributed by atoms with van der Waals surface area (Å²) in [5.74, 6) is 2.83. The number of hydrogen-bond donors (Lipinski definition) is 2. The first-order valence-corrected chi connectivity index (χ1v) is 11.1. The molecule has 3 aromatic rings. The maximum Gasteiger partial charge on any atom is 0.436 e. The lowest BCUT2D eigenvalue weighted by molar-refractivity contribution is 0.128. The van der Waals surface area contributed by atoms with Gasteiger partial charge in [0.25, 0.3) is 10.0 Å². The van der Waals surface area contributed by atoms with Crippen LogP contribution in [0.4, 0.5) is 10.5 Å². The van der Waals surface area contributed by atoms with Crippen molar-refractivity contribution in [2.75, 3.05) is 11.4 Å². The van der Waals surface area contributed by atoms with Gasteiger partial charge < -0.3 is 9.47 Å². The Balaban J connectivity index is 2.16. The van der Waals surface area contributed by atoms with E-state index in [-0.39, 0.29) is 27.8 Å². The van der Waals surface area contributed by atoms with Crippen LogP contribution in [0, 0.1) is 12.3 Å². The van der Waals surface area contributed by atoms with Crippen LogP contribution >= 0.6 is 11.3 Å². The number of carbonyl (C=O) groups excluding carboxylic acids is 1. The second-order valence-corrected chi connectivity index (χ2v) is 8.84. The van der Waals surface area contributed by atoms with Crippen molar-refractivity contribution in [3.63, 3.8) is 0 Å². The van der Waals surface area contributed by atoms with E-state index in [1.54, 1.807) is 24.3 Å². The number of carbonyl (C=O) groups is 1. The van der Waals surface area contributed by atoms with E-state index in [1.807, 2.05) is 6.07 Å². The summed E-state index contributed by atoms with van der Waals surface area (Å²) in [6.07, 6.45) is 4.42. The van der Waals surface area contributed by atoms with E-state index >= 15 is 0 Å². The number of hydrogen-bond acceptors (Lipinski definition) is 7. The zero-order valence-electron chi connectivity index (χ0n) is 16.3. The fraction of sp³-hybridized carbons (Fsp3) is 0.0952. The lowest BCUT2D eigenvalue weighted by Crippen LogP contribution is -2.32. The van der Waals surface area contributed by atoms with Crippen LogP contribution in [0.25, 0.3) is 0 Å². The van der Waals surface area contributed by atoms with E-state index in [0.29, 0.717) is 11.3 Å². The minimum Gasteiger partial charge on any atom is -0.497 e. The maximum atomic E-state index is 13.6. The molecule has 0 spiro atoms. The Kier molecular flexibility index (Phi) is 6.81. The average molecular weight is 459 g/mol. The van der Waals surface area contributed by atoms with Crippen LogP contribution in [-0.2, 0) is 16.6 Å². The minimum absolute atomic E-state index is 0.00374. The van der Waals surface area contributed by atoms with E-state index in [9.17, 15) is 13.2 Å². The fourth-order valence-corrected chi connectivity index (χ4v) is 5.09. The lowest BCUT2D eigenvalue weighted by atomic mass is 10.2. The van der Waals surface area contributed by atoms with Crippen molar-refractivity contribution in [1.29, 1.82) is 0 Å². The molecule has 0 bridgehead atoms. The Morgan fingerprint density at radius 2 is 1.87 bits per heavy atom. The number of hydroxylamine groups is 1. The van der Waals surface area contributed by atoms with E-state index < -0.39 is 16.1 Å². The third-order valence-corrected chi connectivity index (χ3v) is 6.86. The minimum atomic E-state index is -4.13. The summed E-state index contributed by atoms with van der Waals surface area (Å²) >= 11 is 1.04. The van der Waals surface area contributed by atoms with Crippen LogP contribution in [-0.4, -0.2) is 26.8 Å². The zero-order chi connectivity index (χ0) is 22.4. The van der Waals surface area contributed by atoms with Crippen LogP contribution in [0.1, 0.15) is 10.4 Å². The number of rotatable bonds is 7. The summed E-state index contributed by atoms with van der Waals surface area (Å²) in [7, 11) is -2.65. The van der Waals surface area contributed by atoms with Crippen LogP contribution in [0.2, 0.25) is 0 Å². The summed E-state index contributed by atoms with van der Waals surface area (Å²) in [4.78, 5) is 11.8. The zero-order valence-corrected chi connectivity index (χ0v) is 17.9. The Hall–Kier alpha value is -3.52. The van der Waals surface area contributed by atoms with Crippen molar-refractivity contribution in [1.82, 2.24) is 5.48 Å². The molecule has 1 amide bonds. The second-order valence-electron chi connectivity index (χ2n) is 6.10. The Bertz CT molecular complexity index is 1200. The Morgan fingerprint density at radius 1 is 1.19 bits per heavy atom. The number of anilines is 1. The number of benzene rings is 2. The summed E-state index contributed by atoms with van der Waals surface area (Å²) in [5, 5.41) is 10.2. The van der Waals surface area contributed by atoms with Gasteiger partial charge in [-0.3, -0.25) is 9.51 Å². The SMILES string of the molecule is C#Cc1scc(OC(=O)NO)c1N(Cc1ccccc1)S(=O)(=O)c1ccc(OC)cc1. The van der Waals surface area contributed by atoms with Crippen LogP contribution in [0.3, 0.4) is 0 Å². The van der Waals surface area contributed by atoms with Gasteiger partial charge in [0.2, 0.25) is 0 Å². The molecule has 0 aliphatic carbocycles. The van der Waals surface area contributed by atoms with Crippen LogP contribution < -0.4 is 19.3 Å². The quantitative estimate of drug-likeness (QED) is 0.318. The second kappa shape index (κ2) is 9.53. The standard InChI is InChI=1S/C21H18N2O6S2/c1-3-19-20(18(14-30-19)29-21(24)22-25)23(13-15-7-5-4-6-8-15)31(26,27)17-11-9-16(28-2)10-12-17/h1,4-12,14,25H,13H2,2H3,(H,22,24). The maximum absolute atomic E-state index is 13.6. The molecule has 0 radical (unpaired) electrons. The summed E-state index contributed by atoms with van der Waals surface area (Å²) in [6, 6.07) is 14.8. The number of amides is 1. The molecular weight excluding hydrogens is 440 g/mol. The van der Waals surface area contributed by atoms with Crippen LogP contribution in [0.5, 0.6) is 11.5 Å². The normalized spacial score (nSPS) is 10.7. The molecule has 0 aliphatic rings. The third kappa shape index (κ3) is 4.80. The predicted octanol–water partition coefficient (Wildman–Crippen LogP) is 3.61. The highest BCUT2D eigenvalue weighted by molar-refractivity contribution is 7.92. The van der Waals surface area contributed by atoms with Gasteiger partial charge in [-0.2, -0.15) is 0 Å². The fourth-order valence-electron chi connectivity index (χ4n) is 2.78. The summed E-state index contributed by atoms with van der Waals surface area (Å²) in [6.45, 7) is -0.0717. The molecule has 0 atom stereocenters. The van der Waals surface area contributed by atoms with Crippen molar-refractivity contribution in [2.24, 2.45) is 0 Å². The van der Waals surface area contributed by atoms with Gasteiger partial charge in [0.1, 0.15) is 16.3 Å². The van der Waals surface area contributed by atoms with Gasteiger partial charge in [0, 0.05) is 5.38 Å². The molecule has 0 fully saturated rings. The first-order chi connectivity index (χ1) is 14.9.